The Labute approximate surface area is 147 Å². The van der Waals surface area contributed by atoms with E-state index in [1.54, 1.807) is 0 Å². The van der Waals surface area contributed by atoms with E-state index >= 15 is 0 Å². The number of nitrogens with zero attached hydrogens (tertiary/aromatic N) is 1. The molecular formula is C8H29B12NO. The van der Waals surface area contributed by atoms with E-state index in [1.165, 1.54) is 25.8 Å². The Kier molecular flexibility index (Phi) is 8.72. The van der Waals surface area contributed by atoms with Gasteiger partial charge in [0.1, 0.15) is 13.3 Å². The van der Waals surface area contributed by atoms with Crippen molar-refractivity contribution in [2.24, 2.45) is 5.41 Å². The summed E-state index contributed by atoms with van der Waals surface area (Å²) in [6.07, 6.45) is 5.96. The van der Waals surface area contributed by atoms with E-state index in [2.05, 4.69) is 65.8 Å². The molecule has 0 aromatic heterocycles. The molecule has 0 aromatic carbocycles. The summed E-state index contributed by atoms with van der Waals surface area (Å²) in [6, 6.07) is 0. The van der Waals surface area contributed by atoms with E-state index < -0.39 is 0 Å². The molecule has 0 unspecified atom stereocenters. The van der Waals surface area contributed by atoms with Crippen LogP contribution < -0.4 is 0 Å². The largest absolute Gasteiger partial charge is 0.410 e. The fourth-order valence-corrected chi connectivity index (χ4v) is 3.95. The second-order valence-corrected chi connectivity index (χ2v) is 8.84. The van der Waals surface area contributed by atoms with Crippen molar-refractivity contribution in [2.75, 3.05) is 19.8 Å². The molecule has 14 heteroatoms. The molecule has 0 amide bonds. The summed E-state index contributed by atoms with van der Waals surface area (Å²) < 4.78 is 8.35. The lowest BCUT2D eigenvalue weighted by atomic mass is 8.65. The van der Waals surface area contributed by atoms with Gasteiger partial charge in [0.15, 0.2) is 0 Å². The minimum absolute atomic E-state index is 0.480. The minimum Gasteiger partial charge on any atom is -0.410 e. The van der Waals surface area contributed by atoms with Gasteiger partial charge in [-0.3, -0.25) is 0 Å². The lowest BCUT2D eigenvalue weighted by Gasteiger charge is -2.43. The van der Waals surface area contributed by atoms with Crippen LogP contribution in [0.3, 0.4) is 0 Å². The van der Waals surface area contributed by atoms with Gasteiger partial charge in [0.25, 0.3) is 0 Å². The summed E-state index contributed by atoms with van der Waals surface area (Å²) in [5.74, 6) is 0. The molecule has 2 nitrogen and oxygen atoms in total. The van der Waals surface area contributed by atoms with Gasteiger partial charge in [-0.2, -0.15) is 0 Å². The van der Waals surface area contributed by atoms with Crippen LogP contribution in [-0.2, 0) is 4.74 Å². The Hall–Kier alpha value is 0.699. The van der Waals surface area contributed by atoms with Crippen molar-refractivity contribution in [1.82, 2.24) is 4.72 Å². The quantitative estimate of drug-likeness (QED) is 0.411. The van der Waals surface area contributed by atoms with Crippen molar-refractivity contribution in [3.8, 4) is 0 Å². The fourth-order valence-electron chi connectivity index (χ4n) is 3.95. The van der Waals surface area contributed by atoms with Crippen molar-refractivity contribution in [2.45, 2.75) is 26.2 Å². The smallest absolute Gasteiger partial charge is 0.124 e. The van der Waals surface area contributed by atoms with E-state index in [-0.39, 0.29) is 0 Å². The van der Waals surface area contributed by atoms with Gasteiger partial charge in [-0.15, -0.1) is 0 Å². The van der Waals surface area contributed by atoms with Gasteiger partial charge in [0, 0.05) is 32.4 Å². The lowest BCUT2D eigenvalue weighted by molar-refractivity contribution is 0.0192. The van der Waals surface area contributed by atoms with Crippen LogP contribution >= 0.6 is 0 Å². The van der Waals surface area contributed by atoms with Crippen LogP contribution in [0, 0.1) is 5.41 Å². The monoisotopic (exact) mass is 287 g/mol. The highest BCUT2D eigenvalue weighted by Gasteiger charge is 2.37. The summed E-state index contributed by atoms with van der Waals surface area (Å²) in [7, 11) is 16.7. The topological polar surface area (TPSA) is 12.5 Å². The maximum Gasteiger partial charge on any atom is 0.124 e. The third-order valence-electron chi connectivity index (χ3n) is 5.99. The predicted octanol–water partition coefficient (Wildman–Crippen LogP) is -6.89. The molecular weight excluding hydrogens is 256 g/mol. The van der Waals surface area contributed by atoms with Crippen LogP contribution in [0.1, 0.15) is 26.2 Å². The van der Waals surface area contributed by atoms with E-state index in [4.69, 9.17) is 4.74 Å². The maximum atomic E-state index is 5.56. The first-order valence-electron chi connectivity index (χ1n) is 9.51. The maximum absolute atomic E-state index is 5.56. The van der Waals surface area contributed by atoms with Gasteiger partial charge in [-0.05, 0) is 31.2 Å². The number of ether oxygens (including phenoxy) is 1. The van der Waals surface area contributed by atoms with Crippen LogP contribution in [-0.4, -0.2) is 111 Å². The molecule has 0 aromatic rings. The molecule has 0 aliphatic carbocycles. The highest BCUT2D eigenvalue weighted by molar-refractivity contribution is 7.91. The van der Waals surface area contributed by atoms with Crippen LogP contribution in [0.15, 0.2) is 0 Å². The van der Waals surface area contributed by atoms with E-state index in [9.17, 15) is 0 Å². The second kappa shape index (κ2) is 9.25. The Morgan fingerprint density at radius 3 is 1.91 bits per heavy atom. The van der Waals surface area contributed by atoms with Gasteiger partial charge < -0.3 is 9.46 Å². The van der Waals surface area contributed by atoms with Crippen molar-refractivity contribution >= 4 is 86.6 Å². The van der Waals surface area contributed by atoms with Crippen LogP contribution in [0.25, 0.3) is 0 Å². The zero-order chi connectivity index (χ0) is 16.9. The predicted molar refractivity (Wildman–Crippen MR) is 128 cm³/mol. The Balaban J connectivity index is 2.77. The molecule has 1 heterocycles. The first-order chi connectivity index (χ1) is 10.2. The number of hydrogen-bond donors (Lipinski definition) is 0. The van der Waals surface area contributed by atoms with Gasteiger partial charge in [0.05, 0.1) is 54.2 Å². The molecule has 0 atom stereocenters. The highest BCUT2D eigenvalue weighted by Crippen LogP contribution is 2.33. The molecule has 1 saturated heterocycles. The SMILES string of the molecule is BB(B)B(B)B(B(B)B)N(CCC1(C)CCOCC1)B(B)B. The average Bonchev–Trinajstić information content (AvgIpc) is 2.42. The van der Waals surface area contributed by atoms with Gasteiger partial charge in [-0.1, -0.05) is 6.92 Å². The zero-order valence-electron chi connectivity index (χ0n) is 16.5. The molecule has 0 N–H and O–H groups in total. The molecule has 1 fully saturated rings. The molecule has 1 aliphatic rings. The summed E-state index contributed by atoms with van der Waals surface area (Å²) in [6.45, 7) is 6.90. The van der Waals surface area contributed by atoms with Crippen LogP contribution in [0.4, 0.5) is 0 Å². The first-order valence-corrected chi connectivity index (χ1v) is 9.51. The van der Waals surface area contributed by atoms with Gasteiger partial charge >= 0.3 is 0 Å². The first kappa shape index (κ1) is 20.7. The van der Waals surface area contributed by atoms with Crippen molar-refractivity contribution in [3.05, 3.63) is 0 Å². The third-order valence-corrected chi connectivity index (χ3v) is 5.99. The summed E-state index contributed by atoms with van der Waals surface area (Å²) >= 11 is 0. The third kappa shape index (κ3) is 5.96. The van der Waals surface area contributed by atoms with Crippen molar-refractivity contribution in [3.63, 3.8) is 0 Å². The Bertz CT molecular complexity index is 324. The molecule has 1 rings (SSSR count). The van der Waals surface area contributed by atoms with Crippen molar-refractivity contribution < 1.29 is 4.74 Å². The minimum atomic E-state index is 0.480. The average molecular weight is 285 g/mol. The number of rotatable bonds is 8. The number of hydrogen-bond acceptors (Lipinski definition) is 2. The fraction of sp³-hybridized carbons (Fsp3) is 1.00. The van der Waals surface area contributed by atoms with Crippen LogP contribution in [0.5, 0.6) is 0 Å². The van der Waals surface area contributed by atoms with Gasteiger partial charge in [0.2, 0.25) is 0 Å². The lowest BCUT2D eigenvalue weighted by Crippen LogP contribution is -2.71. The zero-order valence-corrected chi connectivity index (χ0v) is 16.5. The molecule has 22 heavy (non-hydrogen) atoms. The second-order valence-electron chi connectivity index (χ2n) is 8.84. The van der Waals surface area contributed by atoms with E-state index in [0.29, 0.717) is 25.1 Å². The van der Waals surface area contributed by atoms with Crippen LogP contribution in [0.2, 0.25) is 0 Å². The normalized spacial score (nSPS) is 17.0. The summed E-state index contributed by atoms with van der Waals surface area (Å²) in [5.41, 5.74) is 0.480. The van der Waals surface area contributed by atoms with Gasteiger partial charge in [-0.25, -0.2) is 0 Å². The molecule has 0 bridgehead atoms. The van der Waals surface area contributed by atoms with E-state index in [1.807, 2.05) is 0 Å². The molecule has 0 radical (unpaired) electrons. The molecule has 1 aliphatic heterocycles. The molecule has 0 saturated carbocycles. The highest BCUT2D eigenvalue weighted by atomic mass is 16.5. The standard InChI is InChI=1S/C8H29B12NO/c1-8(3-6-22-7-4-8)2-5-21(18(13)14)20(17(11)12)19(15)16(9)10/h2-7,9-15H2,1H3. The Morgan fingerprint density at radius 1 is 0.955 bits per heavy atom. The Morgan fingerprint density at radius 2 is 1.50 bits per heavy atom. The summed E-state index contributed by atoms with van der Waals surface area (Å²) in [5, 5.41) is 0. The van der Waals surface area contributed by atoms with Crippen molar-refractivity contribution in [1.29, 1.82) is 0 Å². The summed E-state index contributed by atoms with van der Waals surface area (Å²) in [4.78, 5) is 0. The van der Waals surface area contributed by atoms with E-state index in [0.717, 1.165) is 26.0 Å². The molecule has 0 spiro atoms. The molecule has 108 valence electrons.